The lowest BCUT2D eigenvalue weighted by Gasteiger charge is -2.30. The fraction of sp³-hybridized carbons (Fsp3) is 0.882. The van der Waals surface area contributed by atoms with E-state index in [0.717, 1.165) is 38.5 Å². The summed E-state index contributed by atoms with van der Waals surface area (Å²) in [5, 5.41) is 3.50. The Bertz CT molecular complexity index is 382. The van der Waals surface area contributed by atoms with Gasteiger partial charge in [-0.3, -0.25) is 14.5 Å². The minimum absolute atomic E-state index is 0.0520. The second-order valence-electron chi connectivity index (χ2n) is 7.01. The Morgan fingerprint density at radius 3 is 2.05 bits per heavy atom. The van der Waals surface area contributed by atoms with E-state index in [2.05, 4.69) is 5.32 Å². The highest BCUT2D eigenvalue weighted by atomic mass is 16.2. The van der Waals surface area contributed by atoms with Gasteiger partial charge < -0.3 is 5.32 Å². The first-order valence-electron chi connectivity index (χ1n) is 8.87. The Morgan fingerprint density at radius 2 is 1.38 bits per heavy atom. The van der Waals surface area contributed by atoms with Gasteiger partial charge in [0.05, 0.1) is 12.5 Å². The number of carbonyl (C=O) groups is 2. The van der Waals surface area contributed by atoms with Crippen molar-refractivity contribution >= 4 is 11.8 Å². The van der Waals surface area contributed by atoms with Gasteiger partial charge in [-0.15, -0.1) is 0 Å². The van der Waals surface area contributed by atoms with Crippen LogP contribution in [0.4, 0.5) is 0 Å². The predicted octanol–water partition coefficient (Wildman–Crippen LogP) is 2.76. The van der Waals surface area contributed by atoms with Crippen LogP contribution in [0.2, 0.25) is 0 Å². The highest BCUT2D eigenvalue weighted by Gasteiger charge is 2.42. The van der Waals surface area contributed by atoms with E-state index in [1.807, 2.05) is 0 Å². The number of carbonyl (C=O) groups excluding carboxylic acids is 2. The van der Waals surface area contributed by atoms with Gasteiger partial charge in [-0.25, -0.2) is 0 Å². The quantitative estimate of drug-likeness (QED) is 0.643. The van der Waals surface area contributed by atoms with Crippen LogP contribution in [-0.4, -0.2) is 34.8 Å². The second kappa shape index (κ2) is 6.91. The maximum atomic E-state index is 12.6. The molecule has 1 saturated heterocycles. The fourth-order valence-electron chi connectivity index (χ4n) is 4.23. The maximum absolute atomic E-state index is 12.6. The van der Waals surface area contributed by atoms with Crippen LogP contribution in [0, 0.1) is 0 Å². The molecule has 3 fully saturated rings. The van der Waals surface area contributed by atoms with E-state index >= 15 is 0 Å². The first kappa shape index (κ1) is 15.0. The van der Waals surface area contributed by atoms with Crippen molar-refractivity contribution in [1.82, 2.24) is 10.2 Å². The molecule has 1 heterocycles. The minimum atomic E-state index is -0.248. The van der Waals surface area contributed by atoms with Gasteiger partial charge in [0, 0.05) is 12.1 Å². The Hall–Kier alpha value is -0.900. The molecule has 3 rings (SSSR count). The summed E-state index contributed by atoms with van der Waals surface area (Å²) in [6.45, 7) is 0. The van der Waals surface area contributed by atoms with E-state index in [4.69, 9.17) is 0 Å². The number of rotatable bonds is 3. The summed E-state index contributed by atoms with van der Waals surface area (Å²) >= 11 is 0. The number of nitrogens with zero attached hydrogens (tertiary/aromatic N) is 1. The third-order valence-corrected chi connectivity index (χ3v) is 5.41. The molecule has 1 aliphatic heterocycles. The number of amides is 2. The zero-order chi connectivity index (χ0) is 14.7. The van der Waals surface area contributed by atoms with Gasteiger partial charge >= 0.3 is 0 Å². The summed E-state index contributed by atoms with van der Waals surface area (Å²) in [6.07, 6.45) is 13.4. The molecule has 0 spiro atoms. The fourth-order valence-corrected chi connectivity index (χ4v) is 4.23. The molecular formula is C17H28N2O2. The van der Waals surface area contributed by atoms with Crippen molar-refractivity contribution in [1.29, 1.82) is 0 Å². The monoisotopic (exact) mass is 292 g/mol. The van der Waals surface area contributed by atoms with Crippen LogP contribution in [0.25, 0.3) is 0 Å². The summed E-state index contributed by atoms with van der Waals surface area (Å²) in [6, 6.07) is 0.364. The van der Waals surface area contributed by atoms with E-state index in [0.29, 0.717) is 12.5 Å². The highest BCUT2D eigenvalue weighted by molar-refractivity contribution is 6.05. The summed E-state index contributed by atoms with van der Waals surface area (Å²) in [5.41, 5.74) is 0. The lowest BCUT2D eigenvalue weighted by molar-refractivity contribution is -0.142. The smallest absolute Gasteiger partial charge is 0.247 e. The van der Waals surface area contributed by atoms with Crippen LogP contribution in [0.15, 0.2) is 0 Å². The number of hydrogen-bond donors (Lipinski definition) is 1. The largest absolute Gasteiger partial charge is 0.303 e. The molecule has 1 atom stereocenters. The number of hydrogen-bond acceptors (Lipinski definition) is 3. The lowest BCUT2D eigenvalue weighted by Crippen LogP contribution is -2.47. The molecule has 1 N–H and O–H groups in total. The maximum Gasteiger partial charge on any atom is 0.247 e. The molecule has 0 aromatic rings. The van der Waals surface area contributed by atoms with Crippen molar-refractivity contribution in [2.45, 2.75) is 95.2 Å². The van der Waals surface area contributed by atoms with E-state index in [9.17, 15) is 9.59 Å². The average molecular weight is 292 g/mol. The van der Waals surface area contributed by atoms with E-state index in [1.54, 1.807) is 4.90 Å². The van der Waals surface area contributed by atoms with Crippen molar-refractivity contribution in [3.63, 3.8) is 0 Å². The van der Waals surface area contributed by atoms with Crippen LogP contribution in [-0.2, 0) is 9.59 Å². The van der Waals surface area contributed by atoms with Crippen LogP contribution in [0.3, 0.4) is 0 Å². The highest BCUT2D eigenvalue weighted by Crippen LogP contribution is 2.28. The molecule has 0 aromatic carbocycles. The van der Waals surface area contributed by atoms with Gasteiger partial charge in [0.15, 0.2) is 0 Å². The van der Waals surface area contributed by atoms with Crippen LogP contribution in [0.1, 0.15) is 77.0 Å². The van der Waals surface area contributed by atoms with Gasteiger partial charge in [-0.05, 0) is 25.7 Å². The number of imide groups is 1. The SMILES string of the molecule is O=C1CC(NC2CCCCCC2)C(=O)N1C1CCCCC1. The van der Waals surface area contributed by atoms with E-state index in [-0.39, 0.29) is 23.9 Å². The second-order valence-corrected chi connectivity index (χ2v) is 7.01. The molecule has 118 valence electrons. The van der Waals surface area contributed by atoms with Crippen LogP contribution >= 0.6 is 0 Å². The first-order chi connectivity index (χ1) is 10.3. The summed E-state index contributed by atoms with van der Waals surface area (Å²) in [5.74, 6) is 0.106. The Kier molecular flexibility index (Phi) is 4.94. The molecule has 0 bridgehead atoms. The van der Waals surface area contributed by atoms with Gasteiger partial charge in [-0.1, -0.05) is 44.9 Å². The molecule has 4 heteroatoms. The first-order valence-corrected chi connectivity index (χ1v) is 8.87. The van der Waals surface area contributed by atoms with E-state index < -0.39 is 0 Å². The molecule has 21 heavy (non-hydrogen) atoms. The normalized spacial score (nSPS) is 29.9. The predicted molar refractivity (Wildman–Crippen MR) is 81.8 cm³/mol. The molecule has 0 aromatic heterocycles. The Morgan fingerprint density at radius 1 is 0.810 bits per heavy atom. The van der Waals surface area contributed by atoms with Gasteiger partial charge in [-0.2, -0.15) is 0 Å². The molecule has 0 radical (unpaired) electrons. The number of likely N-dealkylation sites (tertiary alicyclic amines) is 1. The third-order valence-electron chi connectivity index (χ3n) is 5.41. The van der Waals surface area contributed by atoms with Crippen molar-refractivity contribution in [3.8, 4) is 0 Å². The Balaban J connectivity index is 1.59. The Labute approximate surface area is 127 Å². The van der Waals surface area contributed by atoms with Crippen molar-refractivity contribution in [3.05, 3.63) is 0 Å². The summed E-state index contributed by atoms with van der Waals surface area (Å²) in [4.78, 5) is 26.5. The lowest BCUT2D eigenvalue weighted by atomic mass is 9.94. The summed E-state index contributed by atoms with van der Waals surface area (Å²) < 4.78 is 0. The molecule has 2 amide bonds. The van der Waals surface area contributed by atoms with Crippen molar-refractivity contribution in [2.24, 2.45) is 0 Å². The van der Waals surface area contributed by atoms with Crippen LogP contribution < -0.4 is 5.32 Å². The van der Waals surface area contributed by atoms with E-state index in [1.165, 1.54) is 32.1 Å². The minimum Gasteiger partial charge on any atom is -0.303 e. The average Bonchev–Trinajstić information content (AvgIpc) is 2.69. The van der Waals surface area contributed by atoms with Crippen molar-refractivity contribution in [2.75, 3.05) is 0 Å². The van der Waals surface area contributed by atoms with Gasteiger partial charge in [0.25, 0.3) is 0 Å². The summed E-state index contributed by atoms with van der Waals surface area (Å²) in [7, 11) is 0. The van der Waals surface area contributed by atoms with Crippen LogP contribution in [0.5, 0.6) is 0 Å². The molecule has 3 aliphatic rings. The zero-order valence-corrected chi connectivity index (χ0v) is 13.0. The topological polar surface area (TPSA) is 49.4 Å². The zero-order valence-electron chi connectivity index (χ0n) is 13.0. The molecule has 2 saturated carbocycles. The van der Waals surface area contributed by atoms with Crippen molar-refractivity contribution < 1.29 is 9.59 Å². The molecule has 4 nitrogen and oxygen atoms in total. The molecular weight excluding hydrogens is 264 g/mol. The number of nitrogens with one attached hydrogen (secondary N) is 1. The van der Waals surface area contributed by atoms with Gasteiger partial charge in [0.1, 0.15) is 0 Å². The standard InChI is InChI=1S/C17H28N2O2/c20-16-12-15(18-13-8-4-1-2-5-9-13)17(21)19(16)14-10-6-3-7-11-14/h13-15,18H,1-12H2. The van der Waals surface area contributed by atoms with Gasteiger partial charge in [0.2, 0.25) is 11.8 Å². The third kappa shape index (κ3) is 3.47. The molecule has 1 unspecified atom stereocenters. The molecule has 2 aliphatic carbocycles.